The zero-order valence-electron chi connectivity index (χ0n) is 13.8. The van der Waals surface area contributed by atoms with Crippen molar-refractivity contribution in [2.24, 2.45) is 11.8 Å². The monoisotopic (exact) mass is 309 g/mol. The molecule has 21 heavy (non-hydrogen) atoms. The molecule has 0 bridgehead atoms. The number of aryl methyl sites for hydroxylation is 2. The van der Waals surface area contributed by atoms with E-state index < -0.39 is 0 Å². The second kappa shape index (κ2) is 7.51. The van der Waals surface area contributed by atoms with Crippen LogP contribution in [0.15, 0.2) is 12.1 Å². The first-order valence-electron chi connectivity index (χ1n) is 8.07. The molecular formula is C18H28ClNO. The zero-order valence-corrected chi connectivity index (χ0v) is 14.5. The molecule has 0 aliphatic carbocycles. The van der Waals surface area contributed by atoms with E-state index in [1.165, 1.54) is 25.1 Å². The normalized spacial score (nSPS) is 23.3. The highest BCUT2D eigenvalue weighted by atomic mass is 35.5. The highest BCUT2D eigenvalue weighted by Gasteiger charge is 2.21. The van der Waals surface area contributed by atoms with Gasteiger partial charge in [0.05, 0.1) is 11.6 Å². The molecule has 0 spiro atoms. The van der Waals surface area contributed by atoms with Gasteiger partial charge in [0.1, 0.15) is 5.75 Å². The average molecular weight is 310 g/mol. The van der Waals surface area contributed by atoms with Gasteiger partial charge in [-0.05, 0) is 55.7 Å². The molecule has 0 N–H and O–H groups in total. The zero-order chi connectivity index (χ0) is 15.4. The minimum atomic E-state index is 0.729. The van der Waals surface area contributed by atoms with Crippen molar-refractivity contribution in [2.45, 2.75) is 40.5 Å². The van der Waals surface area contributed by atoms with Crippen molar-refractivity contribution in [3.05, 3.63) is 28.3 Å². The molecule has 3 heteroatoms. The number of likely N-dealkylation sites (tertiary alicyclic amines) is 1. The number of ether oxygens (including phenoxy) is 1. The van der Waals surface area contributed by atoms with Crippen molar-refractivity contribution >= 4 is 11.6 Å². The van der Waals surface area contributed by atoms with Gasteiger partial charge >= 0.3 is 0 Å². The van der Waals surface area contributed by atoms with Crippen LogP contribution in [0.1, 0.15) is 37.8 Å². The third-order valence-electron chi connectivity index (χ3n) is 4.18. The van der Waals surface area contributed by atoms with Crippen LogP contribution in [-0.2, 0) is 0 Å². The van der Waals surface area contributed by atoms with Gasteiger partial charge in [-0.3, -0.25) is 0 Å². The highest BCUT2D eigenvalue weighted by molar-refractivity contribution is 6.32. The maximum Gasteiger partial charge on any atom is 0.140 e. The van der Waals surface area contributed by atoms with Gasteiger partial charge in [-0.25, -0.2) is 0 Å². The van der Waals surface area contributed by atoms with Crippen LogP contribution in [0.3, 0.4) is 0 Å². The fraction of sp³-hybridized carbons (Fsp3) is 0.667. The number of hydrogen-bond donors (Lipinski definition) is 0. The van der Waals surface area contributed by atoms with Crippen LogP contribution in [0.25, 0.3) is 0 Å². The Morgan fingerprint density at radius 1 is 1.19 bits per heavy atom. The number of halogens is 1. The van der Waals surface area contributed by atoms with Crippen LogP contribution in [-0.4, -0.2) is 31.1 Å². The molecule has 0 amide bonds. The first-order valence-corrected chi connectivity index (χ1v) is 8.45. The third kappa shape index (κ3) is 4.89. The first-order chi connectivity index (χ1) is 9.95. The molecule has 1 aromatic rings. The summed E-state index contributed by atoms with van der Waals surface area (Å²) in [6.07, 6.45) is 2.42. The molecule has 0 unspecified atom stereocenters. The van der Waals surface area contributed by atoms with Crippen LogP contribution in [0.4, 0.5) is 0 Å². The minimum Gasteiger partial charge on any atom is -0.492 e. The lowest BCUT2D eigenvalue weighted by atomic mass is 9.92. The average Bonchev–Trinajstić information content (AvgIpc) is 2.35. The van der Waals surface area contributed by atoms with Gasteiger partial charge in [0.25, 0.3) is 0 Å². The quantitative estimate of drug-likeness (QED) is 0.731. The summed E-state index contributed by atoms with van der Waals surface area (Å²) in [6.45, 7) is 13.1. The number of piperidine rings is 1. The maximum absolute atomic E-state index is 6.27. The molecule has 2 nitrogen and oxygen atoms in total. The van der Waals surface area contributed by atoms with Crippen molar-refractivity contribution < 1.29 is 4.74 Å². The smallest absolute Gasteiger partial charge is 0.140 e. The Bertz CT molecular complexity index is 441. The Morgan fingerprint density at radius 3 is 2.48 bits per heavy atom. The van der Waals surface area contributed by atoms with Gasteiger partial charge in [-0.2, -0.15) is 0 Å². The van der Waals surface area contributed by atoms with Crippen LogP contribution >= 0.6 is 11.6 Å². The predicted octanol–water partition coefficient (Wildman–Crippen LogP) is 4.70. The third-order valence-corrected chi connectivity index (χ3v) is 4.46. The molecular weight excluding hydrogens is 282 g/mol. The summed E-state index contributed by atoms with van der Waals surface area (Å²) >= 11 is 6.27. The number of rotatable bonds is 5. The maximum atomic E-state index is 6.27. The summed E-state index contributed by atoms with van der Waals surface area (Å²) < 4.78 is 5.91. The van der Waals surface area contributed by atoms with Gasteiger partial charge in [-0.15, -0.1) is 0 Å². The number of nitrogens with zero attached hydrogens (tertiary/aromatic N) is 1. The van der Waals surface area contributed by atoms with E-state index in [0.29, 0.717) is 0 Å². The van der Waals surface area contributed by atoms with Crippen molar-refractivity contribution in [1.29, 1.82) is 0 Å². The van der Waals surface area contributed by atoms with Crippen LogP contribution in [0.2, 0.25) is 5.02 Å². The van der Waals surface area contributed by atoms with Gasteiger partial charge < -0.3 is 9.64 Å². The molecule has 2 rings (SSSR count). The van der Waals surface area contributed by atoms with E-state index in [-0.39, 0.29) is 0 Å². The summed E-state index contributed by atoms with van der Waals surface area (Å²) in [5.41, 5.74) is 2.31. The largest absolute Gasteiger partial charge is 0.492 e. The molecule has 1 heterocycles. The van der Waals surface area contributed by atoms with Crippen LogP contribution < -0.4 is 4.74 Å². The van der Waals surface area contributed by atoms with Crippen molar-refractivity contribution in [3.8, 4) is 5.75 Å². The molecule has 1 fully saturated rings. The van der Waals surface area contributed by atoms with Crippen molar-refractivity contribution in [3.63, 3.8) is 0 Å². The molecule has 1 aliphatic rings. The Labute approximate surface area is 134 Å². The first kappa shape index (κ1) is 16.6. The van der Waals surface area contributed by atoms with Gasteiger partial charge in [-0.1, -0.05) is 31.5 Å². The SMILES string of the molecule is Cc1cc(C)c(OCCCN2C[C@H](C)C[C@@H](C)C2)c(Cl)c1. The molecule has 1 aliphatic heterocycles. The van der Waals surface area contributed by atoms with Gasteiger partial charge in [0.15, 0.2) is 0 Å². The second-order valence-electron chi connectivity index (χ2n) is 6.80. The number of hydrogen-bond acceptors (Lipinski definition) is 2. The molecule has 1 aromatic carbocycles. The molecule has 2 atom stereocenters. The molecule has 0 aromatic heterocycles. The van der Waals surface area contributed by atoms with E-state index in [0.717, 1.165) is 47.7 Å². The van der Waals surface area contributed by atoms with Crippen molar-refractivity contribution in [2.75, 3.05) is 26.2 Å². The molecule has 0 saturated carbocycles. The fourth-order valence-corrected chi connectivity index (χ4v) is 3.90. The molecule has 118 valence electrons. The second-order valence-corrected chi connectivity index (χ2v) is 7.21. The summed E-state index contributed by atoms with van der Waals surface area (Å²) in [4.78, 5) is 2.58. The Kier molecular flexibility index (Phi) is 5.95. The molecule has 0 radical (unpaired) electrons. The topological polar surface area (TPSA) is 12.5 Å². The van der Waals surface area contributed by atoms with E-state index in [2.05, 4.69) is 38.7 Å². The van der Waals surface area contributed by atoms with Crippen LogP contribution in [0, 0.1) is 25.7 Å². The predicted molar refractivity (Wildman–Crippen MR) is 90.4 cm³/mol. The Balaban J connectivity index is 1.77. The summed E-state index contributed by atoms with van der Waals surface area (Å²) in [6, 6.07) is 4.09. The Morgan fingerprint density at radius 2 is 1.86 bits per heavy atom. The fourth-order valence-electron chi connectivity index (χ4n) is 3.52. The van der Waals surface area contributed by atoms with E-state index in [9.17, 15) is 0 Å². The van der Waals surface area contributed by atoms with E-state index >= 15 is 0 Å². The van der Waals surface area contributed by atoms with Gasteiger partial charge in [0, 0.05) is 19.6 Å². The molecule has 1 saturated heterocycles. The lowest BCUT2D eigenvalue weighted by Crippen LogP contribution is -2.39. The van der Waals surface area contributed by atoms with Crippen molar-refractivity contribution in [1.82, 2.24) is 4.90 Å². The standard InChI is InChI=1S/C18H28ClNO/c1-13-9-16(4)18(17(19)10-13)21-7-5-6-20-11-14(2)8-15(3)12-20/h9-10,14-15H,5-8,11-12H2,1-4H3/t14-,15-/m1/s1. The van der Waals surface area contributed by atoms with E-state index in [1.807, 2.05) is 6.07 Å². The minimum absolute atomic E-state index is 0.729. The number of benzene rings is 1. The Hall–Kier alpha value is -0.730. The van der Waals surface area contributed by atoms with E-state index in [4.69, 9.17) is 16.3 Å². The summed E-state index contributed by atoms with van der Waals surface area (Å²) in [5, 5.41) is 0.729. The van der Waals surface area contributed by atoms with Gasteiger partial charge in [0.2, 0.25) is 0 Å². The van der Waals surface area contributed by atoms with Crippen LogP contribution in [0.5, 0.6) is 5.75 Å². The van der Waals surface area contributed by atoms with E-state index in [1.54, 1.807) is 0 Å². The lowest BCUT2D eigenvalue weighted by Gasteiger charge is -2.34. The highest BCUT2D eigenvalue weighted by Crippen LogP contribution is 2.30. The summed E-state index contributed by atoms with van der Waals surface area (Å²) in [5.74, 6) is 2.49. The lowest BCUT2D eigenvalue weighted by molar-refractivity contribution is 0.132. The summed E-state index contributed by atoms with van der Waals surface area (Å²) in [7, 11) is 0.